The summed E-state index contributed by atoms with van der Waals surface area (Å²) < 4.78 is 9.22. The third-order valence-corrected chi connectivity index (χ3v) is 0.743. The molecule has 7 heavy (non-hydrogen) atoms. The van der Waals surface area contributed by atoms with E-state index in [-0.39, 0.29) is 0 Å². The Bertz CT molecular complexity index is 41.9. The van der Waals surface area contributed by atoms with Crippen LogP contribution in [0.1, 0.15) is 0 Å². The summed E-state index contributed by atoms with van der Waals surface area (Å²) in [6.45, 7) is 0. The average Bonchev–Trinajstić information content (AvgIpc) is 1.61. The molecule has 0 aromatic heterocycles. The monoisotopic (exact) mass is 123 g/mol. The third-order valence-electron chi connectivity index (χ3n) is 0.248. The van der Waals surface area contributed by atoms with Gasteiger partial charge in [0.05, 0.1) is 7.11 Å². The van der Waals surface area contributed by atoms with Gasteiger partial charge in [-0.3, -0.25) is 4.18 Å². The van der Waals surface area contributed by atoms with Crippen molar-refractivity contribution in [1.82, 2.24) is 5.06 Å². The van der Waals surface area contributed by atoms with E-state index in [0.717, 1.165) is 12.3 Å². The number of hydroxylamine groups is 2. The van der Waals surface area contributed by atoms with Gasteiger partial charge in [0.15, 0.2) is 12.3 Å². The molecule has 3 nitrogen and oxygen atoms in total. The van der Waals surface area contributed by atoms with Crippen molar-refractivity contribution < 1.29 is 8.47 Å². The molecular formula is C3H9NO2S. The summed E-state index contributed by atoms with van der Waals surface area (Å²) in [4.78, 5) is 0. The molecule has 0 heterocycles. The van der Waals surface area contributed by atoms with E-state index in [1.54, 1.807) is 26.3 Å². The van der Waals surface area contributed by atoms with Crippen LogP contribution in [0.2, 0.25) is 0 Å². The lowest BCUT2D eigenvalue weighted by molar-refractivity contribution is 0.0127. The first-order valence-electron chi connectivity index (χ1n) is 1.82. The smallest absolute Gasteiger partial charge is 0.178 e. The van der Waals surface area contributed by atoms with Crippen LogP contribution in [0.5, 0.6) is 0 Å². The molecule has 0 aliphatic carbocycles. The van der Waals surface area contributed by atoms with Gasteiger partial charge in [-0.15, -0.1) is 0 Å². The molecule has 0 aliphatic heterocycles. The lowest BCUT2D eigenvalue weighted by atomic mass is 11.2. The first-order valence-corrected chi connectivity index (χ1v) is 2.49. The minimum atomic E-state index is 0.942. The molecule has 0 amide bonds. The summed E-state index contributed by atoms with van der Waals surface area (Å²) in [5.41, 5.74) is 0. The van der Waals surface area contributed by atoms with Crippen molar-refractivity contribution in [1.29, 1.82) is 0 Å². The van der Waals surface area contributed by atoms with Gasteiger partial charge in [0.2, 0.25) is 0 Å². The highest BCUT2D eigenvalue weighted by molar-refractivity contribution is 7.89. The molecule has 0 radical (unpaired) electrons. The van der Waals surface area contributed by atoms with Crippen molar-refractivity contribution in [2.45, 2.75) is 0 Å². The molecule has 4 heteroatoms. The van der Waals surface area contributed by atoms with Crippen molar-refractivity contribution >= 4 is 12.3 Å². The summed E-state index contributed by atoms with van der Waals surface area (Å²) in [5.74, 6) is 0. The van der Waals surface area contributed by atoms with E-state index >= 15 is 0 Å². The van der Waals surface area contributed by atoms with E-state index in [0.29, 0.717) is 0 Å². The van der Waals surface area contributed by atoms with Crippen LogP contribution < -0.4 is 0 Å². The number of nitrogens with zero attached hydrogens (tertiary/aromatic N) is 1. The molecular weight excluding hydrogens is 114 g/mol. The van der Waals surface area contributed by atoms with Crippen LogP contribution in [0.25, 0.3) is 0 Å². The highest BCUT2D eigenvalue weighted by Crippen LogP contribution is 2.00. The summed E-state index contributed by atoms with van der Waals surface area (Å²) in [6.07, 6.45) is 0. The standard InChI is InChI=1S/C3H9NO2S/c1-4(2)6-7-5-3/h1-3H3. The average molecular weight is 123 g/mol. The number of rotatable bonds is 3. The first kappa shape index (κ1) is 7.23. The zero-order valence-corrected chi connectivity index (χ0v) is 5.49. The van der Waals surface area contributed by atoms with Crippen LogP contribution in [0.3, 0.4) is 0 Å². The van der Waals surface area contributed by atoms with Crippen molar-refractivity contribution in [2.75, 3.05) is 21.2 Å². The molecule has 0 fully saturated rings. The van der Waals surface area contributed by atoms with Crippen molar-refractivity contribution in [3.05, 3.63) is 0 Å². The fourth-order valence-electron chi connectivity index (χ4n) is 0.0913. The number of hydrogen-bond acceptors (Lipinski definition) is 4. The van der Waals surface area contributed by atoms with Gasteiger partial charge in [0.25, 0.3) is 0 Å². The quantitative estimate of drug-likeness (QED) is 0.406. The van der Waals surface area contributed by atoms with Gasteiger partial charge in [-0.1, -0.05) is 0 Å². The van der Waals surface area contributed by atoms with E-state index in [4.69, 9.17) is 4.28 Å². The molecule has 0 spiro atoms. The Kier molecular flexibility index (Phi) is 4.53. The van der Waals surface area contributed by atoms with Crippen molar-refractivity contribution in [3.63, 3.8) is 0 Å². The fraction of sp³-hybridized carbons (Fsp3) is 1.00. The van der Waals surface area contributed by atoms with Gasteiger partial charge in [0, 0.05) is 14.1 Å². The van der Waals surface area contributed by atoms with Gasteiger partial charge in [-0.25, -0.2) is 0 Å². The van der Waals surface area contributed by atoms with Crippen LogP contribution in [0.15, 0.2) is 0 Å². The third kappa shape index (κ3) is 6.23. The molecule has 0 aliphatic rings. The van der Waals surface area contributed by atoms with Gasteiger partial charge in [-0.05, 0) is 0 Å². The molecule has 0 bridgehead atoms. The van der Waals surface area contributed by atoms with Gasteiger partial charge < -0.3 is 0 Å². The minimum absolute atomic E-state index is 0.942. The molecule has 0 N–H and O–H groups in total. The van der Waals surface area contributed by atoms with Gasteiger partial charge >= 0.3 is 0 Å². The van der Waals surface area contributed by atoms with Crippen LogP contribution >= 0.6 is 12.3 Å². The molecule has 0 unspecified atom stereocenters. The maximum absolute atomic E-state index is 4.72. The maximum Gasteiger partial charge on any atom is 0.178 e. The SMILES string of the molecule is COSON(C)C. The highest BCUT2D eigenvalue weighted by atomic mass is 32.2. The second-order valence-electron chi connectivity index (χ2n) is 1.12. The Morgan fingerprint density at radius 1 is 1.43 bits per heavy atom. The zero-order valence-electron chi connectivity index (χ0n) is 4.67. The van der Waals surface area contributed by atoms with Crippen molar-refractivity contribution in [2.24, 2.45) is 0 Å². The zero-order chi connectivity index (χ0) is 5.70. The van der Waals surface area contributed by atoms with E-state index in [2.05, 4.69) is 4.18 Å². The highest BCUT2D eigenvalue weighted by Gasteiger charge is 1.85. The summed E-state index contributed by atoms with van der Waals surface area (Å²) in [6, 6.07) is 0. The normalized spacial score (nSPS) is 10.3. The van der Waals surface area contributed by atoms with Gasteiger partial charge in [0.1, 0.15) is 0 Å². The largest absolute Gasteiger partial charge is 0.294 e. The van der Waals surface area contributed by atoms with Gasteiger partial charge in [-0.2, -0.15) is 9.35 Å². The second kappa shape index (κ2) is 4.39. The Balaban J connectivity index is 2.68. The van der Waals surface area contributed by atoms with E-state index in [1.165, 1.54) is 0 Å². The van der Waals surface area contributed by atoms with Crippen LogP contribution in [-0.2, 0) is 8.47 Å². The summed E-state index contributed by atoms with van der Waals surface area (Å²) in [5, 5.41) is 1.55. The number of hydrogen-bond donors (Lipinski definition) is 0. The molecule has 0 aromatic carbocycles. The lowest BCUT2D eigenvalue weighted by Gasteiger charge is -2.04. The minimum Gasteiger partial charge on any atom is -0.294 e. The summed E-state index contributed by atoms with van der Waals surface area (Å²) in [7, 11) is 5.12. The van der Waals surface area contributed by atoms with E-state index in [9.17, 15) is 0 Å². The van der Waals surface area contributed by atoms with Crippen LogP contribution in [-0.4, -0.2) is 26.3 Å². The van der Waals surface area contributed by atoms with Crippen LogP contribution in [0.4, 0.5) is 0 Å². The summed E-state index contributed by atoms with van der Waals surface area (Å²) >= 11 is 0.942. The van der Waals surface area contributed by atoms with Crippen molar-refractivity contribution in [3.8, 4) is 0 Å². The Morgan fingerprint density at radius 2 is 2.00 bits per heavy atom. The molecule has 0 rings (SSSR count). The molecule has 0 aromatic rings. The Morgan fingerprint density at radius 3 is 2.14 bits per heavy atom. The predicted molar refractivity (Wildman–Crippen MR) is 29.4 cm³/mol. The lowest BCUT2D eigenvalue weighted by Crippen LogP contribution is -2.06. The topological polar surface area (TPSA) is 21.7 Å². The molecule has 0 saturated heterocycles. The van der Waals surface area contributed by atoms with E-state index in [1.807, 2.05) is 0 Å². The van der Waals surface area contributed by atoms with E-state index < -0.39 is 0 Å². The first-order chi connectivity index (χ1) is 3.27. The molecule has 0 atom stereocenters. The Labute approximate surface area is 48.0 Å². The molecule has 0 saturated carbocycles. The second-order valence-corrected chi connectivity index (χ2v) is 1.74. The fourth-order valence-corrected chi connectivity index (χ4v) is 0.274. The maximum atomic E-state index is 4.72. The molecule has 44 valence electrons. The van der Waals surface area contributed by atoms with Crippen LogP contribution in [0, 0.1) is 0 Å². The predicted octanol–water partition coefficient (Wildman–Crippen LogP) is 0.689. The Hall–Kier alpha value is 0.230.